The minimum atomic E-state index is -0.733. The van der Waals surface area contributed by atoms with Crippen molar-refractivity contribution in [2.24, 2.45) is 16.7 Å². The first kappa shape index (κ1) is 26.6. The Morgan fingerprint density at radius 1 is 1.24 bits per heavy atom. The Hall–Kier alpha value is -2.05. The lowest BCUT2D eigenvalue weighted by atomic mass is 9.64. The Morgan fingerprint density at radius 2 is 1.95 bits per heavy atom. The van der Waals surface area contributed by atoms with E-state index >= 15 is 0 Å². The predicted octanol–water partition coefficient (Wildman–Crippen LogP) is 6.52. The third-order valence-corrected chi connectivity index (χ3v) is 10.1. The number of rotatable bonds is 5. The molecule has 0 spiro atoms. The zero-order chi connectivity index (χ0) is 27.0. The molecule has 7 heteroatoms. The highest BCUT2D eigenvalue weighted by atomic mass is 35.5. The highest BCUT2D eigenvalue weighted by Crippen LogP contribution is 2.64. The molecule has 4 fully saturated rings. The molecule has 2 amide bonds. The summed E-state index contributed by atoms with van der Waals surface area (Å²) in [6, 6.07) is 5.97. The molecule has 2 bridgehead atoms. The summed E-state index contributed by atoms with van der Waals surface area (Å²) < 4.78 is 6.47. The van der Waals surface area contributed by atoms with Crippen molar-refractivity contribution in [1.29, 1.82) is 0 Å². The molecule has 1 aromatic rings. The summed E-state index contributed by atoms with van der Waals surface area (Å²) in [5.74, 6) is -0.741. The van der Waals surface area contributed by atoms with Gasteiger partial charge in [0.05, 0.1) is 29.2 Å². The van der Waals surface area contributed by atoms with Crippen LogP contribution in [0.1, 0.15) is 90.7 Å². The summed E-state index contributed by atoms with van der Waals surface area (Å²) in [6.07, 6.45) is 6.43. The Morgan fingerprint density at radius 3 is 2.54 bits per heavy atom. The number of fused-ring (bicyclic) bond motifs is 2. The van der Waals surface area contributed by atoms with Crippen LogP contribution in [-0.2, 0) is 16.0 Å². The van der Waals surface area contributed by atoms with Gasteiger partial charge in [0.15, 0.2) is 0 Å². The smallest absolute Gasteiger partial charge is 0.322 e. The first-order chi connectivity index (χ1) is 17.2. The molecule has 6 rings (SSSR count). The number of benzene rings is 1. The lowest BCUT2D eigenvalue weighted by Crippen LogP contribution is -2.63. The molecule has 202 valence electrons. The normalized spacial score (nSPS) is 34.7. The van der Waals surface area contributed by atoms with Crippen LogP contribution in [-0.4, -0.2) is 45.8 Å². The number of amides is 2. The van der Waals surface area contributed by atoms with Gasteiger partial charge in [0.25, 0.3) is 0 Å². The van der Waals surface area contributed by atoms with Gasteiger partial charge in [0.2, 0.25) is 0 Å². The van der Waals surface area contributed by atoms with Crippen molar-refractivity contribution in [2.45, 2.75) is 103 Å². The van der Waals surface area contributed by atoms with E-state index in [9.17, 15) is 14.7 Å². The molecule has 1 saturated heterocycles. The molecule has 0 radical (unpaired) electrons. The number of carboxylic acids is 1. The van der Waals surface area contributed by atoms with Crippen LogP contribution in [0.4, 0.5) is 4.79 Å². The maximum Gasteiger partial charge on any atom is 0.322 e. The summed E-state index contributed by atoms with van der Waals surface area (Å²) >= 11 is 6.78. The van der Waals surface area contributed by atoms with Crippen molar-refractivity contribution in [3.8, 4) is 0 Å². The first-order valence-electron chi connectivity index (χ1n) is 13.6. The predicted molar refractivity (Wildman–Crippen MR) is 145 cm³/mol. The van der Waals surface area contributed by atoms with E-state index in [0.717, 1.165) is 41.0 Å². The SMILES string of the molecule is CC1C2=CN(C34CCC(C(=O)O)(C3)C4)C(=O)NC2C(c2ccc(CCC(C)(C)C)c(Cl)c2)COC1(C)C. The van der Waals surface area contributed by atoms with Gasteiger partial charge in [-0.05, 0) is 80.6 Å². The van der Waals surface area contributed by atoms with Crippen molar-refractivity contribution in [3.63, 3.8) is 0 Å². The molecule has 3 unspecified atom stereocenters. The third kappa shape index (κ3) is 4.48. The second kappa shape index (κ2) is 8.74. The topological polar surface area (TPSA) is 78.9 Å². The van der Waals surface area contributed by atoms with Gasteiger partial charge in [-0.25, -0.2) is 4.79 Å². The van der Waals surface area contributed by atoms with Crippen molar-refractivity contribution in [3.05, 3.63) is 46.1 Å². The van der Waals surface area contributed by atoms with Gasteiger partial charge in [0, 0.05) is 23.1 Å². The first-order valence-corrected chi connectivity index (χ1v) is 14.0. The van der Waals surface area contributed by atoms with E-state index < -0.39 is 22.5 Å². The molecule has 3 aliphatic carbocycles. The minimum Gasteiger partial charge on any atom is -0.481 e. The zero-order valence-corrected chi connectivity index (χ0v) is 23.7. The largest absolute Gasteiger partial charge is 0.481 e. The lowest BCUT2D eigenvalue weighted by molar-refractivity contribution is -0.156. The molecule has 5 aliphatic rings. The van der Waals surface area contributed by atoms with Gasteiger partial charge in [-0.2, -0.15) is 0 Å². The minimum absolute atomic E-state index is 0.0641. The van der Waals surface area contributed by atoms with E-state index in [1.165, 1.54) is 0 Å². The van der Waals surface area contributed by atoms with E-state index in [-0.39, 0.29) is 29.3 Å². The molecule has 2 aliphatic heterocycles. The molecule has 1 aromatic carbocycles. The van der Waals surface area contributed by atoms with Crippen LogP contribution in [0.2, 0.25) is 5.02 Å². The van der Waals surface area contributed by atoms with Gasteiger partial charge >= 0.3 is 12.0 Å². The highest BCUT2D eigenvalue weighted by Gasteiger charge is 2.68. The van der Waals surface area contributed by atoms with Gasteiger partial charge in [-0.3, -0.25) is 9.69 Å². The van der Waals surface area contributed by atoms with E-state index in [4.69, 9.17) is 16.3 Å². The number of aliphatic carboxylic acids is 1. The third-order valence-electron chi connectivity index (χ3n) is 9.73. The van der Waals surface area contributed by atoms with Crippen LogP contribution in [0.15, 0.2) is 30.0 Å². The number of nitrogens with zero attached hydrogens (tertiary/aromatic N) is 1. The van der Waals surface area contributed by atoms with E-state index in [0.29, 0.717) is 25.9 Å². The van der Waals surface area contributed by atoms with Crippen LogP contribution in [0, 0.1) is 16.7 Å². The molecule has 0 aromatic heterocycles. The molecule has 2 N–H and O–H groups in total. The van der Waals surface area contributed by atoms with Gasteiger partial charge in [-0.15, -0.1) is 0 Å². The fourth-order valence-electron chi connectivity index (χ4n) is 6.95. The number of hydrogen-bond donors (Lipinski definition) is 2. The van der Waals surface area contributed by atoms with Crippen LogP contribution < -0.4 is 5.32 Å². The summed E-state index contributed by atoms with van der Waals surface area (Å²) in [6.45, 7) is 13.6. The Labute approximate surface area is 225 Å². The summed E-state index contributed by atoms with van der Waals surface area (Å²) in [7, 11) is 0. The zero-order valence-electron chi connectivity index (χ0n) is 23.0. The van der Waals surface area contributed by atoms with Gasteiger partial charge in [0.1, 0.15) is 0 Å². The standard InChI is InChI=1S/C30H41ClN2O4/c1-18-21-14-33(30-12-11-29(16-30,17-30)25(34)35)26(36)32-24(21)22(15-37-28(18,5)6)20-8-7-19(23(31)13-20)9-10-27(2,3)4/h7-8,13-14,18,22,24H,9-12,15-17H2,1-6H3,(H,32,36)(H,34,35). The van der Waals surface area contributed by atoms with Crippen molar-refractivity contribution in [1.82, 2.24) is 10.2 Å². The Kier molecular flexibility index (Phi) is 6.27. The van der Waals surface area contributed by atoms with Crippen LogP contribution in [0.5, 0.6) is 0 Å². The number of urea groups is 1. The fraction of sp³-hybridized carbons (Fsp3) is 0.667. The second-order valence-electron chi connectivity index (χ2n) is 13.7. The lowest BCUT2D eigenvalue weighted by Gasteiger charge is -2.52. The summed E-state index contributed by atoms with van der Waals surface area (Å²) in [4.78, 5) is 27.2. The van der Waals surface area contributed by atoms with E-state index in [2.05, 4.69) is 65.1 Å². The average Bonchev–Trinajstić information content (AvgIpc) is 3.33. The van der Waals surface area contributed by atoms with Gasteiger partial charge < -0.3 is 15.2 Å². The number of carboxylic acid groups (broad SMARTS) is 1. The quantitative estimate of drug-likeness (QED) is 0.456. The van der Waals surface area contributed by atoms with Crippen molar-refractivity contribution >= 4 is 23.6 Å². The highest BCUT2D eigenvalue weighted by molar-refractivity contribution is 6.31. The van der Waals surface area contributed by atoms with E-state index in [1.807, 2.05) is 11.1 Å². The molecule has 3 atom stereocenters. The van der Waals surface area contributed by atoms with Crippen molar-refractivity contribution in [2.75, 3.05) is 6.61 Å². The average molecular weight is 529 g/mol. The number of nitrogens with one attached hydrogen (secondary N) is 1. The van der Waals surface area contributed by atoms with Crippen molar-refractivity contribution < 1.29 is 19.4 Å². The molecule has 2 heterocycles. The molecular formula is C30H41ClN2O4. The fourth-order valence-corrected chi connectivity index (χ4v) is 7.23. The Bertz CT molecular complexity index is 1140. The van der Waals surface area contributed by atoms with E-state index in [1.54, 1.807) is 0 Å². The van der Waals surface area contributed by atoms with Gasteiger partial charge in [-0.1, -0.05) is 51.4 Å². The van der Waals surface area contributed by atoms with Crippen LogP contribution >= 0.6 is 11.6 Å². The number of carbonyl (C=O) groups excluding carboxylic acids is 1. The summed E-state index contributed by atoms with van der Waals surface area (Å²) in [5.41, 5.74) is 2.10. The number of aryl methyl sites for hydroxylation is 1. The molecule has 6 nitrogen and oxygen atoms in total. The number of ether oxygens (including phenoxy) is 1. The van der Waals surface area contributed by atoms with Crippen LogP contribution in [0.3, 0.4) is 0 Å². The maximum absolute atomic E-state index is 13.6. The molecule has 3 saturated carbocycles. The Balaban J connectivity index is 1.46. The van der Waals surface area contributed by atoms with Crippen LogP contribution in [0.25, 0.3) is 0 Å². The number of halogens is 1. The second-order valence-corrected chi connectivity index (χ2v) is 14.2. The molecule has 37 heavy (non-hydrogen) atoms. The monoisotopic (exact) mass is 528 g/mol. The molecular weight excluding hydrogens is 488 g/mol. The number of carbonyl (C=O) groups is 2. The maximum atomic E-state index is 13.6. The number of hydrogen-bond acceptors (Lipinski definition) is 3. The summed E-state index contributed by atoms with van der Waals surface area (Å²) in [5, 5.41) is 13.8.